The Labute approximate surface area is 245 Å². The Bertz CT molecular complexity index is 593. The SMILES string of the molecule is CCCCCCCCCCCCCCCCCC[N+](C)(C)CCC[Si]12OCCC([N+](C)(C)C)(CCO1)CCO2. The first-order chi connectivity index (χ1) is 18.6. The topological polar surface area (TPSA) is 27.7 Å². The zero-order valence-electron chi connectivity index (χ0n) is 27.5. The van der Waals surface area contributed by atoms with E-state index in [1.807, 2.05) is 0 Å². The van der Waals surface area contributed by atoms with Gasteiger partial charge in [-0.1, -0.05) is 96.8 Å². The average Bonchev–Trinajstić information content (AvgIpc) is 2.83. The van der Waals surface area contributed by atoms with E-state index in [1.165, 1.54) is 116 Å². The van der Waals surface area contributed by atoms with E-state index in [2.05, 4.69) is 42.2 Å². The summed E-state index contributed by atoms with van der Waals surface area (Å²) in [6.45, 7) is 7.14. The van der Waals surface area contributed by atoms with Crippen molar-refractivity contribution in [1.82, 2.24) is 0 Å². The first kappa shape index (κ1) is 35.2. The third-order valence-electron chi connectivity index (χ3n) is 9.95. The highest BCUT2D eigenvalue weighted by Crippen LogP contribution is 2.37. The molecule has 0 N–H and O–H groups in total. The zero-order chi connectivity index (χ0) is 28.5. The molecule has 3 saturated heterocycles. The van der Waals surface area contributed by atoms with Crippen molar-refractivity contribution < 1.29 is 22.2 Å². The Balaban J connectivity index is 1.48. The summed E-state index contributed by atoms with van der Waals surface area (Å²) in [6.07, 6.45) is 27.5. The van der Waals surface area contributed by atoms with Crippen LogP contribution in [0.15, 0.2) is 0 Å². The maximum atomic E-state index is 6.45. The molecule has 5 nitrogen and oxygen atoms in total. The zero-order valence-corrected chi connectivity index (χ0v) is 28.5. The van der Waals surface area contributed by atoms with Crippen LogP contribution < -0.4 is 0 Å². The van der Waals surface area contributed by atoms with Crippen molar-refractivity contribution in [3.05, 3.63) is 0 Å². The third-order valence-corrected chi connectivity index (χ3v) is 12.9. The van der Waals surface area contributed by atoms with E-state index in [1.54, 1.807) is 0 Å². The molecule has 0 amide bonds. The molecule has 3 heterocycles. The van der Waals surface area contributed by atoms with Crippen LogP contribution in [0.2, 0.25) is 6.04 Å². The standard InChI is InChI=1S/C33H70N2O3Si/c1-7-8-9-10-11-12-13-14-15-16-17-18-19-20-21-22-27-35(5,6)28-23-32-39-36-29-24-33(25-30-37-39,26-31-38-39)34(2,3)4/h7-32H2,1-6H3/q+2. The van der Waals surface area contributed by atoms with E-state index in [4.69, 9.17) is 13.3 Å². The van der Waals surface area contributed by atoms with E-state index in [9.17, 15) is 0 Å². The van der Waals surface area contributed by atoms with Crippen LogP contribution in [-0.2, 0) is 13.3 Å². The third kappa shape index (κ3) is 13.7. The van der Waals surface area contributed by atoms with Gasteiger partial charge in [-0.05, 0) is 12.8 Å². The molecule has 0 spiro atoms. The molecule has 6 heteroatoms. The van der Waals surface area contributed by atoms with Crippen LogP contribution in [0.3, 0.4) is 0 Å². The van der Waals surface area contributed by atoms with Gasteiger partial charge in [0, 0.05) is 51.5 Å². The normalized spacial score (nSPS) is 24.5. The minimum atomic E-state index is -2.51. The molecule has 3 rings (SSSR count). The predicted octanol–water partition coefficient (Wildman–Crippen LogP) is 8.35. The molecule has 39 heavy (non-hydrogen) atoms. The van der Waals surface area contributed by atoms with Gasteiger partial charge in [0.2, 0.25) is 0 Å². The van der Waals surface area contributed by atoms with E-state index in [-0.39, 0.29) is 5.54 Å². The number of quaternary nitrogens is 2. The number of rotatable bonds is 22. The minimum absolute atomic E-state index is 0.215. The summed E-state index contributed by atoms with van der Waals surface area (Å²) >= 11 is 0. The molecule has 0 aromatic carbocycles. The molecule has 0 atom stereocenters. The van der Waals surface area contributed by atoms with Crippen LogP contribution in [-0.4, -0.2) is 91.5 Å². The van der Waals surface area contributed by atoms with Crippen molar-refractivity contribution in [3.8, 4) is 0 Å². The van der Waals surface area contributed by atoms with Gasteiger partial charge in [-0.3, -0.25) is 0 Å². The molecular formula is C33H70N2O3Si+2. The van der Waals surface area contributed by atoms with Crippen LogP contribution in [0, 0.1) is 0 Å². The Morgan fingerprint density at radius 2 is 0.872 bits per heavy atom. The second-order valence-corrected chi connectivity index (χ2v) is 17.2. The van der Waals surface area contributed by atoms with E-state index >= 15 is 0 Å². The lowest BCUT2D eigenvalue weighted by Crippen LogP contribution is -2.63. The molecule has 0 aromatic heterocycles. The molecule has 0 aromatic rings. The van der Waals surface area contributed by atoms with Gasteiger partial charge in [-0.2, -0.15) is 0 Å². The lowest BCUT2D eigenvalue weighted by atomic mass is 9.85. The van der Waals surface area contributed by atoms with Crippen molar-refractivity contribution in [2.24, 2.45) is 0 Å². The van der Waals surface area contributed by atoms with Gasteiger partial charge < -0.3 is 22.2 Å². The monoisotopic (exact) mass is 571 g/mol. The summed E-state index contributed by atoms with van der Waals surface area (Å²) in [7, 11) is 9.23. The summed E-state index contributed by atoms with van der Waals surface area (Å²) < 4.78 is 21.4. The summed E-state index contributed by atoms with van der Waals surface area (Å²) in [5.74, 6) is 0. The highest BCUT2D eigenvalue weighted by Gasteiger charge is 2.51. The van der Waals surface area contributed by atoms with Crippen molar-refractivity contribution >= 4 is 8.80 Å². The van der Waals surface area contributed by atoms with Crippen LogP contribution in [0.4, 0.5) is 0 Å². The lowest BCUT2D eigenvalue weighted by molar-refractivity contribution is -0.926. The molecule has 0 saturated carbocycles. The molecule has 3 aliphatic rings. The molecule has 0 radical (unpaired) electrons. The Morgan fingerprint density at radius 3 is 1.26 bits per heavy atom. The Hall–Kier alpha value is 0.0169. The molecule has 3 fully saturated rings. The van der Waals surface area contributed by atoms with Crippen molar-refractivity contribution in [2.75, 3.05) is 68.1 Å². The van der Waals surface area contributed by atoms with E-state index in [0.29, 0.717) is 0 Å². The number of hydrogen-bond acceptors (Lipinski definition) is 3. The van der Waals surface area contributed by atoms with Crippen molar-refractivity contribution in [1.29, 1.82) is 0 Å². The van der Waals surface area contributed by atoms with Gasteiger partial charge in [-0.25, -0.2) is 0 Å². The van der Waals surface area contributed by atoms with Gasteiger partial charge in [-0.15, -0.1) is 0 Å². The second-order valence-electron chi connectivity index (χ2n) is 14.5. The van der Waals surface area contributed by atoms with E-state index in [0.717, 1.165) is 60.5 Å². The first-order valence-corrected chi connectivity index (χ1v) is 19.1. The quantitative estimate of drug-likeness (QED) is 0.0744. The molecule has 0 unspecified atom stereocenters. The van der Waals surface area contributed by atoms with Crippen LogP contribution >= 0.6 is 0 Å². The number of unbranched alkanes of at least 4 members (excludes halogenated alkanes) is 15. The number of fused-ring (bicyclic) bond motifs is 6. The fourth-order valence-electron chi connectivity index (χ4n) is 6.84. The maximum absolute atomic E-state index is 6.45. The number of hydrogen-bond donors (Lipinski definition) is 0. The summed E-state index contributed by atoms with van der Waals surface area (Å²) in [5, 5.41) is 0. The molecular weight excluding hydrogens is 500 g/mol. The van der Waals surface area contributed by atoms with Gasteiger partial charge >= 0.3 is 8.80 Å². The Kier molecular flexibility index (Phi) is 16.7. The van der Waals surface area contributed by atoms with Crippen LogP contribution in [0.1, 0.15) is 135 Å². The van der Waals surface area contributed by atoms with Crippen LogP contribution in [0.25, 0.3) is 0 Å². The van der Waals surface area contributed by atoms with Gasteiger partial charge in [0.15, 0.2) is 0 Å². The summed E-state index contributed by atoms with van der Waals surface area (Å²) in [4.78, 5) is 0. The average molecular weight is 571 g/mol. The fraction of sp³-hybridized carbons (Fsp3) is 1.00. The lowest BCUT2D eigenvalue weighted by Gasteiger charge is -2.50. The summed E-state index contributed by atoms with van der Waals surface area (Å²) in [5.41, 5.74) is 0.215. The largest absolute Gasteiger partial charge is 0.501 e. The highest BCUT2D eigenvalue weighted by atomic mass is 28.4. The highest BCUT2D eigenvalue weighted by molar-refractivity contribution is 6.60. The Morgan fingerprint density at radius 1 is 0.513 bits per heavy atom. The molecule has 232 valence electrons. The van der Waals surface area contributed by atoms with Crippen LogP contribution in [0.5, 0.6) is 0 Å². The summed E-state index contributed by atoms with van der Waals surface area (Å²) in [6, 6.07) is 0.977. The maximum Gasteiger partial charge on any atom is 0.501 e. The molecule has 0 aliphatic carbocycles. The second kappa shape index (κ2) is 18.5. The molecule has 3 aliphatic heterocycles. The predicted molar refractivity (Wildman–Crippen MR) is 169 cm³/mol. The van der Waals surface area contributed by atoms with Gasteiger partial charge in [0.05, 0.1) is 48.3 Å². The minimum Gasteiger partial charge on any atom is -0.373 e. The first-order valence-electron chi connectivity index (χ1n) is 17.2. The van der Waals surface area contributed by atoms with E-state index < -0.39 is 8.80 Å². The number of nitrogens with zero attached hydrogens (tertiary/aromatic N) is 2. The van der Waals surface area contributed by atoms with Gasteiger partial charge in [0.25, 0.3) is 0 Å². The van der Waals surface area contributed by atoms with Crippen molar-refractivity contribution in [2.45, 2.75) is 147 Å². The fourth-order valence-corrected chi connectivity index (χ4v) is 9.35. The van der Waals surface area contributed by atoms with Gasteiger partial charge in [0.1, 0.15) is 5.54 Å². The molecule has 2 bridgehead atoms. The van der Waals surface area contributed by atoms with Crippen molar-refractivity contribution in [3.63, 3.8) is 0 Å². The smallest absolute Gasteiger partial charge is 0.373 e.